The van der Waals surface area contributed by atoms with Crippen molar-refractivity contribution in [3.8, 4) is 0 Å². The molecule has 0 saturated heterocycles. The Morgan fingerprint density at radius 2 is 1.93 bits per heavy atom. The number of hydrogen-bond acceptors (Lipinski definition) is 4. The minimum Gasteiger partial charge on any atom is -0.379 e. The molecule has 3 rings (SSSR count). The highest BCUT2D eigenvalue weighted by Crippen LogP contribution is 2.31. The van der Waals surface area contributed by atoms with Gasteiger partial charge in [0.15, 0.2) is 0 Å². The zero-order valence-corrected chi connectivity index (χ0v) is 17.0. The van der Waals surface area contributed by atoms with Gasteiger partial charge in [-0.2, -0.15) is 0 Å². The molecular weight excluding hydrogens is 376 g/mol. The van der Waals surface area contributed by atoms with E-state index in [0.29, 0.717) is 38.1 Å². The van der Waals surface area contributed by atoms with Crippen LogP contribution in [0.4, 0.5) is 5.69 Å². The molecule has 1 N–H and O–H groups in total. The molecule has 1 aliphatic rings. The summed E-state index contributed by atoms with van der Waals surface area (Å²) in [4.78, 5) is 14.7. The van der Waals surface area contributed by atoms with Crippen molar-refractivity contribution in [2.75, 3.05) is 24.6 Å². The Morgan fingerprint density at radius 1 is 1.18 bits per heavy atom. The van der Waals surface area contributed by atoms with Gasteiger partial charge in [-0.15, -0.1) is 0 Å². The lowest BCUT2D eigenvalue weighted by atomic mass is 10.1. The average Bonchev–Trinajstić information content (AvgIpc) is 3.10. The number of anilines is 1. The second-order valence-corrected chi connectivity index (χ2v) is 8.80. The van der Waals surface area contributed by atoms with E-state index in [1.807, 2.05) is 32.0 Å². The minimum atomic E-state index is -3.58. The molecule has 28 heavy (non-hydrogen) atoms. The van der Waals surface area contributed by atoms with Crippen LogP contribution in [0.15, 0.2) is 53.4 Å². The van der Waals surface area contributed by atoms with E-state index in [1.165, 1.54) is 0 Å². The molecule has 0 aliphatic carbocycles. The molecule has 7 heteroatoms. The molecule has 0 fully saturated rings. The molecule has 0 unspecified atom stereocenters. The first-order valence-electron chi connectivity index (χ1n) is 9.49. The number of ether oxygens (including phenoxy) is 1. The van der Waals surface area contributed by atoms with E-state index in [1.54, 1.807) is 35.2 Å². The maximum absolute atomic E-state index is 12.7. The van der Waals surface area contributed by atoms with E-state index >= 15 is 0 Å². The Kier molecular flexibility index (Phi) is 6.49. The van der Waals surface area contributed by atoms with E-state index in [4.69, 9.17) is 4.74 Å². The van der Waals surface area contributed by atoms with Crippen LogP contribution >= 0.6 is 0 Å². The highest BCUT2D eigenvalue weighted by Gasteiger charge is 2.27. The number of carbonyl (C=O) groups is 1. The van der Waals surface area contributed by atoms with Crippen LogP contribution in [0, 0.1) is 0 Å². The number of nitrogens with zero attached hydrogens (tertiary/aromatic N) is 1. The molecule has 1 aliphatic heterocycles. The van der Waals surface area contributed by atoms with Crippen molar-refractivity contribution in [1.29, 1.82) is 0 Å². The van der Waals surface area contributed by atoms with Gasteiger partial charge < -0.3 is 9.64 Å². The Balaban J connectivity index is 1.68. The standard InChI is InChI=1S/C21H26N2O4S/c1-16(2)27-14-6-12-22-28(25,26)19-9-10-20-18(15-19)11-13-23(20)21(24)17-7-4-3-5-8-17/h3-5,7-10,15-16,22H,6,11-14H2,1-2H3. The number of benzene rings is 2. The predicted molar refractivity (Wildman–Crippen MR) is 109 cm³/mol. The summed E-state index contributed by atoms with van der Waals surface area (Å²) in [5, 5.41) is 0. The van der Waals surface area contributed by atoms with Gasteiger partial charge in [0.05, 0.1) is 11.0 Å². The van der Waals surface area contributed by atoms with Gasteiger partial charge in [0.1, 0.15) is 0 Å². The van der Waals surface area contributed by atoms with Gasteiger partial charge in [-0.25, -0.2) is 13.1 Å². The van der Waals surface area contributed by atoms with E-state index in [2.05, 4.69) is 4.72 Å². The summed E-state index contributed by atoms with van der Waals surface area (Å²) in [5.41, 5.74) is 2.27. The van der Waals surface area contributed by atoms with Crippen LogP contribution < -0.4 is 9.62 Å². The minimum absolute atomic E-state index is 0.0711. The van der Waals surface area contributed by atoms with E-state index in [9.17, 15) is 13.2 Å². The molecule has 0 saturated carbocycles. The Morgan fingerprint density at radius 3 is 2.64 bits per heavy atom. The number of nitrogens with one attached hydrogen (secondary N) is 1. The lowest BCUT2D eigenvalue weighted by Crippen LogP contribution is -2.29. The average molecular weight is 403 g/mol. The van der Waals surface area contributed by atoms with Crippen LogP contribution in [0.3, 0.4) is 0 Å². The zero-order valence-electron chi connectivity index (χ0n) is 16.2. The first-order valence-corrected chi connectivity index (χ1v) is 11.0. The van der Waals surface area contributed by atoms with Crippen molar-refractivity contribution in [1.82, 2.24) is 4.72 Å². The molecule has 2 aromatic rings. The fourth-order valence-corrected chi connectivity index (χ4v) is 4.30. The second-order valence-electron chi connectivity index (χ2n) is 7.03. The van der Waals surface area contributed by atoms with Crippen LogP contribution in [0.5, 0.6) is 0 Å². The molecule has 0 atom stereocenters. The molecule has 2 aromatic carbocycles. The SMILES string of the molecule is CC(C)OCCCNS(=O)(=O)c1ccc2c(c1)CCN2C(=O)c1ccccc1. The third-order valence-electron chi connectivity index (χ3n) is 4.59. The molecular formula is C21H26N2O4S. The van der Waals surface area contributed by atoms with Gasteiger partial charge >= 0.3 is 0 Å². The molecule has 1 heterocycles. The maximum atomic E-state index is 12.7. The van der Waals surface area contributed by atoms with Crippen molar-refractivity contribution in [2.45, 2.75) is 37.7 Å². The smallest absolute Gasteiger partial charge is 0.258 e. The predicted octanol–water partition coefficient (Wildman–Crippen LogP) is 2.98. The topological polar surface area (TPSA) is 75.7 Å². The van der Waals surface area contributed by atoms with Crippen LogP contribution in [0.2, 0.25) is 0 Å². The monoisotopic (exact) mass is 402 g/mol. The number of carbonyl (C=O) groups excluding carboxylic acids is 1. The largest absolute Gasteiger partial charge is 0.379 e. The summed E-state index contributed by atoms with van der Waals surface area (Å²) in [6.45, 7) is 5.28. The lowest BCUT2D eigenvalue weighted by Gasteiger charge is -2.17. The van der Waals surface area contributed by atoms with Crippen molar-refractivity contribution < 1.29 is 17.9 Å². The fraction of sp³-hybridized carbons (Fsp3) is 0.381. The van der Waals surface area contributed by atoms with E-state index in [0.717, 1.165) is 11.3 Å². The molecule has 0 radical (unpaired) electrons. The third-order valence-corrected chi connectivity index (χ3v) is 6.05. The highest BCUT2D eigenvalue weighted by atomic mass is 32.2. The third kappa shape index (κ3) is 4.79. The number of fused-ring (bicyclic) bond motifs is 1. The molecule has 0 aromatic heterocycles. The van der Waals surface area contributed by atoms with Gasteiger partial charge in [0, 0.05) is 30.9 Å². The Bertz CT molecular complexity index is 927. The summed E-state index contributed by atoms with van der Waals surface area (Å²) in [6, 6.07) is 14.0. The van der Waals surface area contributed by atoms with E-state index in [-0.39, 0.29) is 16.9 Å². The quantitative estimate of drug-likeness (QED) is 0.689. The van der Waals surface area contributed by atoms with Crippen molar-refractivity contribution >= 4 is 21.6 Å². The van der Waals surface area contributed by atoms with Crippen LogP contribution in [-0.2, 0) is 21.2 Å². The highest BCUT2D eigenvalue weighted by molar-refractivity contribution is 7.89. The first kappa shape index (κ1) is 20.5. The van der Waals surface area contributed by atoms with Crippen molar-refractivity contribution in [2.24, 2.45) is 0 Å². The van der Waals surface area contributed by atoms with Crippen LogP contribution in [0.1, 0.15) is 36.2 Å². The molecule has 150 valence electrons. The van der Waals surface area contributed by atoms with Crippen molar-refractivity contribution in [3.63, 3.8) is 0 Å². The second kappa shape index (κ2) is 8.86. The lowest BCUT2D eigenvalue weighted by molar-refractivity contribution is 0.0778. The number of sulfonamides is 1. The van der Waals surface area contributed by atoms with E-state index < -0.39 is 10.0 Å². The van der Waals surface area contributed by atoms with Gasteiger partial charge in [-0.3, -0.25) is 4.79 Å². The van der Waals surface area contributed by atoms with Gasteiger partial charge in [-0.05, 0) is 62.6 Å². The van der Waals surface area contributed by atoms with Gasteiger partial charge in [0.25, 0.3) is 5.91 Å². The zero-order chi connectivity index (χ0) is 20.1. The molecule has 1 amide bonds. The van der Waals surface area contributed by atoms with Crippen LogP contribution in [0.25, 0.3) is 0 Å². The Hall–Kier alpha value is -2.22. The number of hydrogen-bond donors (Lipinski definition) is 1. The van der Waals surface area contributed by atoms with Gasteiger partial charge in [0.2, 0.25) is 10.0 Å². The maximum Gasteiger partial charge on any atom is 0.258 e. The summed E-state index contributed by atoms with van der Waals surface area (Å²) >= 11 is 0. The molecule has 0 bridgehead atoms. The summed E-state index contributed by atoms with van der Waals surface area (Å²) in [6.07, 6.45) is 1.39. The molecule has 6 nitrogen and oxygen atoms in total. The number of rotatable bonds is 8. The fourth-order valence-electron chi connectivity index (χ4n) is 3.17. The first-order chi connectivity index (χ1) is 13.4. The summed E-state index contributed by atoms with van der Waals surface area (Å²) in [7, 11) is -3.58. The normalized spacial score (nSPS) is 13.8. The Labute approximate surface area is 166 Å². The summed E-state index contributed by atoms with van der Waals surface area (Å²) in [5.74, 6) is -0.0711. The summed E-state index contributed by atoms with van der Waals surface area (Å²) < 4.78 is 33.1. The number of amides is 1. The van der Waals surface area contributed by atoms with Crippen molar-refractivity contribution in [3.05, 3.63) is 59.7 Å². The van der Waals surface area contributed by atoms with Crippen LogP contribution in [-0.4, -0.2) is 40.1 Å². The molecule has 0 spiro atoms. The van der Waals surface area contributed by atoms with Gasteiger partial charge in [-0.1, -0.05) is 18.2 Å².